The van der Waals surface area contributed by atoms with Gasteiger partial charge >= 0.3 is 5.97 Å². The van der Waals surface area contributed by atoms with Crippen molar-refractivity contribution in [3.8, 4) is 11.5 Å². The van der Waals surface area contributed by atoms with Crippen molar-refractivity contribution >= 4 is 23.3 Å². The fourth-order valence-electron chi connectivity index (χ4n) is 3.03. The maximum atomic E-state index is 12.4. The average Bonchev–Trinajstić information content (AvgIpc) is 2.68. The van der Waals surface area contributed by atoms with Gasteiger partial charge in [-0.15, -0.1) is 0 Å². The van der Waals surface area contributed by atoms with E-state index < -0.39 is 0 Å². The van der Waals surface area contributed by atoms with Crippen molar-refractivity contribution in [2.24, 2.45) is 0 Å². The molecule has 5 nitrogen and oxygen atoms in total. The van der Waals surface area contributed by atoms with Gasteiger partial charge in [0, 0.05) is 5.02 Å². The largest absolute Gasteiger partial charge is 0.490 e. The van der Waals surface area contributed by atoms with E-state index in [1.165, 1.54) is 6.42 Å². The lowest BCUT2D eigenvalue weighted by atomic mass is 9.98. The number of hydrogen-bond donors (Lipinski definition) is 1. The highest BCUT2D eigenvalue weighted by Crippen LogP contribution is 2.25. The molecule has 3 rings (SSSR count). The molecule has 0 atom stereocenters. The molecule has 0 aromatic heterocycles. The number of anilines is 1. The van der Waals surface area contributed by atoms with Crippen molar-refractivity contribution in [3.05, 3.63) is 53.1 Å². The number of nitrogen functional groups attached to an aromatic ring is 1. The van der Waals surface area contributed by atoms with Crippen LogP contribution < -0.4 is 15.2 Å². The molecule has 0 bridgehead atoms. The van der Waals surface area contributed by atoms with Gasteiger partial charge in [0.1, 0.15) is 30.8 Å². The Hall–Kier alpha value is -2.40. The van der Waals surface area contributed by atoms with Gasteiger partial charge in [0.05, 0.1) is 11.3 Å². The number of nitrogens with two attached hydrogens (primary N) is 1. The first kappa shape index (κ1) is 19.4. The first-order valence-corrected chi connectivity index (χ1v) is 9.61. The molecule has 0 amide bonds. The van der Waals surface area contributed by atoms with Gasteiger partial charge in [-0.2, -0.15) is 0 Å². The molecular weight excluding hydrogens is 366 g/mol. The van der Waals surface area contributed by atoms with E-state index in [2.05, 4.69) is 0 Å². The van der Waals surface area contributed by atoms with Gasteiger partial charge in [-0.1, -0.05) is 18.0 Å². The van der Waals surface area contributed by atoms with Crippen molar-refractivity contribution in [3.63, 3.8) is 0 Å². The number of benzene rings is 2. The van der Waals surface area contributed by atoms with Crippen LogP contribution >= 0.6 is 11.6 Å². The topological polar surface area (TPSA) is 70.8 Å². The third kappa shape index (κ3) is 5.79. The maximum Gasteiger partial charge on any atom is 0.338 e. The van der Waals surface area contributed by atoms with Gasteiger partial charge in [0.25, 0.3) is 0 Å². The van der Waals surface area contributed by atoms with Crippen LogP contribution in [0.3, 0.4) is 0 Å². The van der Waals surface area contributed by atoms with Crippen molar-refractivity contribution in [2.75, 3.05) is 18.9 Å². The number of rotatable bonds is 7. The second-order valence-corrected chi connectivity index (χ2v) is 7.01. The fourth-order valence-corrected chi connectivity index (χ4v) is 3.16. The zero-order valence-corrected chi connectivity index (χ0v) is 15.9. The molecule has 0 aliphatic heterocycles. The molecular formula is C21H24ClNO4. The smallest absolute Gasteiger partial charge is 0.338 e. The molecule has 2 aromatic carbocycles. The van der Waals surface area contributed by atoms with E-state index in [1.807, 2.05) is 0 Å². The Kier molecular flexibility index (Phi) is 6.82. The molecule has 27 heavy (non-hydrogen) atoms. The molecule has 0 saturated heterocycles. The Labute approximate surface area is 164 Å². The summed E-state index contributed by atoms with van der Waals surface area (Å²) in [5.74, 6) is 0.831. The highest BCUT2D eigenvalue weighted by molar-refractivity contribution is 6.30. The van der Waals surface area contributed by atoms with E-state index in [0.717, 1.165) is 25.7 Å². The summed E-state index contributed by atoms with van der Waals surface area (Å²) in [4.78, 5) is 12.4. The van der Waals surface area contributed by atoms with Crippen LogP contribution in [0.25, 0.3) is 0 Å². The summed E-state index contributed by atoms with van der Waals surface area (Å²) in [6, 6.07) is 12.1. The second kappa shape index (κ2) is 9.51. The molecule has 1 aliphatic rings. The summed E-state index contributed by atoms with van der Waals surface area (Å²) in [6.45, 7) is 0.645. The quantitative estimate of drug-likeness (QED) is 0.415. The van der Waals surface area contributed by atoms with Crippen LogP contribution in [0, 0.1) is 0 Å². The molecule has 0 heterocycles. The first-order chi connectivity index (χ1) is 13.1. The normalized spacial score (nSPS) is 14.6. The van der Waals surface area contributed by atoms with Crippen molar-refractivity contribution in [2.45, 2.75) is 38.2 Å². The lowest BCUT2D eigenvalue weighted by molar-refractivity contribution is 0.0211. The minimum Gasteiger partial charge on any atom is -0.490 e. The summed E-state index contributed by atoms with van der Waals surface area (Å²) in [6.07, 6.45) is 5.33. The summed E-state index contributed by atoms with van der Waals surface area (Å²) >= 11 is 5.84. The Balaban J connectivity index is 1.51. The van der Waals surface area contributed by atoms with Crippen molar-refractivity contribution in [1.29, 1.82) is 0 Å². The standard InChI is InChI=1S/C21H24ClNO4/c22-16-7-9-17(10-8-16)25-12-13-26-20-14-15(6-11-19(20)23)21(24)27-18-4-2-1-3-5-18/h6-11,14,18H,1-5,12-13,23H2. The van der Waals surface area contributed by atoms with Crippen LogP contribution in [0.1, 0.15) is 42.5 Å². The Morgan fingerprint density at radius 2 is 1.70 bits per heavy atom. The molecule has 1 fully saturated rings. The zero-order chi connectivity index (χ0) is 19.1. The van der Waals surface area contributed by atoms with E-state index in [1.54, 1.807) is 42.5 Å². The van der Waals surface area contributed by atoms with Gasteiger partial charge < -0.3 is 19.9 Å². The molecule has 0 radical (unpaired) electrons. The number of carbonyl (C=O) groups excluding carboxylic acids is 1. The Morgan fingerprint density at radius 3 is 2.44 bits per heavy atom. The molecule has 1 saturated carbocycles. The second-order valence-electron chi connectivity index (χ2n) is 6.57. The van der Waals surface area contributed by atoms with E-state index in [-0.39, 0.29) is 12.1 Å². The number of esters is 1. The van der Waals surface area contributed by atoms with Crippen molar-refractivity contribution < 1.29 is 19.0 Å². The van der Waals surface area contributed by atoms with E-state index in [9.17, 15) is 4.79 Å². The number of hydrogen-bond acceptors (Lipinski definition) is 5. The van der Waals surface area contributed by atoms with Gasteiger partial charge in [-0.25, -0.2) is 4.79 Å². The highest BCUT2D eigenvalue weighted by atomic mass is 35.5. The van der Waals surface area contributed by atoms with Crippen molar-refractivity contribution in [1.82, 2.24) is 0 Å². The predicted molar refractivity (Wildman–Crippen MR) is 106 cm³/mol. The van der Waals surface area contributed by atoms with Gasteiger partial charge in [-0.3, -0.25) is 0 Å². The van der Waals surface area contributed by atoms with E-state index in [0.29, 0.717) is 41.0 Å². The predicted octanol–water partition coefficient (Wildman–Crippen LogP) is 4.87. The summed E-state index contributed by atoms with van der Waals surface area (Å²) in [5, 5.41) is 0.656. The van der Waals surface area contributed by atoms with E-state index in [4.69, 9.17) is 31.5 Å². The minimum atomic E-state index is -0.329. The molecule has 0 spiro atoms. The summed E-state index contributed by atoms with van der Waals surface area (Å²) < 4.78 is 16.9. The lowest BCUT2D eigenvalue weighted by Gasteiger charge is -2.22. The fraction of sp³-hybridized carbons (Fsp3) is 0.381. The summed E-state index contributed by atoms with van der Waals surface area (Å²) in [5.41, 5.74) is 6.87. The van der Waals surface area contributed by atoms with Crippen LogP contribution in [0.5, 0.6) is 11.5 Å². The molecule has 1 aliphatic carbocycles. The third-order valence-corrected chi connectivity index (χ3v) is 4.75. The van der Waals surface area contributed by atoms with Gasteiger partial charge in [0.2, 0.25) is 0 Å². The zero-order valence-electron chi connectivity index (χ0n) is 15.2. The molecule has 0 unspecified atom stereocenters. The lowest BCUT2D eigenvalue weighted by Crippen LogP contribution is -2.21. The third-order valence-electron chi connectivity index (χ3n) is 4.50. The maximum absolute atomic E-state index is 12.4. The first-order valence-electron chi connectivity index (χ1n) is 9.23. The van der Waals surface area contributed by atoms with Crippen LogP contribution in [0.15, 0.2) is 42.5 Å². The Bertz CT molecular complexity index is 757. The number of halogens is 1. The van der Waals surface area contributed by atoms with Crippen LogP contribution in [-0.4, -0.2) is 25.3 Å². The SMILES string of the molecule is Nc1ccc(C(=O)OC2CCCCC2)cc1OCCOc1ccc(Cl)cc1. The highest BCUT2D eigenvalue weighted by Gasteiger charge is 2.19. The van der Waals surface area contributed by atoms with Gasteiger partial charge in [-0.05, 0) is 68.1 Å². The molecule has 6 heteroatoms. The number of ether oxygens (including phenoxy) is 3. The van der Waals surface area contributed by atoms with Crippen LogP contribution in [-0.2, 0) is 4.74 Å². The molecule has 2 N–H and O–H groups in total. The molecule has 144 valence electrons. The average molecular weight is 390 g/mol. The monoisotopic (exact) mass is 389 g/mol. The summed E-state index contributed by atoms with van der Waals surface area (Å²) in [7, 11) is 0. The number of carbonyl (C=O) groups is 1. The van der Waals surface area contributed by atoms with Crippen LogP contribution in [0.2, 0.25) is 5.02 Å². The van der Waals surface area contributed by atoms with Gasteiger partial charge in [0.15, 0.2) is 0 Å². The Morgan fingerprint density at radius 1 is 1.00 bits per heavy atom. The van der Waals surface area contributed by atoms with Crippen LogP contribution in [0.4, 0.5) is 5.69 Å². The molecule has 2 aromatic rings. The van der Waals surface area contributed by atoms with E-state index >= 15 is 0 Å². The minimum absolute atomic E-state index is 0.0148.